The van der Waals surface area contributed by atoms with E-state index in [9.17, 15) is 8.78 Å². The van der Waals surface area contributed by atoms with Crippen molar-refractivity contribution in [3.63, 3.8) is 0 Å². The van der Waals surface area contributed by atoms with Crippen LogP contribution in [0.15, 0.2) is 42.5 Å². The number of halogens is 2. The molecule has 7 heteroatoms. The highest BCUT2D eigenvalue weighted by Crippen LogP contribution is 2.41. The molecule has 1 aliphatic rings. The Hall–Kier alpha value is -3.16. The molecule has 2 N–H and O–H groups in total. The van der Waals surface area contributed by atoms with Gasteiger partial charge in [0.05, 0.1) is 11.0 Å². The van der Waals surface area contributed by atoms with Crippen molar-refractivity contribution in [1.82, 2.24) is 19.8 Å². The Labute approximate surface area is 189 Å². The van der Waals surface area contributed by atoms with Crippen LogP contribution in [0.1, 0.15) is 6.42 Å². The second-order valence-electron chi connectivity index (χ2n) is 9.24. The molecule has 3 aromatic carbocycles. The van der Waals surface area contributed by atoms with Gasteiger partial charge in [0.25, 0.3) is 0 Å². The minimum Gasteiger partial charge on any atom is -0.488 e. The van der Waals surface area contributed by atoms with Gasteiger partial charge in [-0.1, -0.05) is 0 Å². The number of benzene rings is 3. The number of H-pyrrole nitrogens is 2. The fraction of sp³-hybridized carbons (Fsp3) is 0.308. The molecule has 1 saturated heterocycles. The maximum Gasteiger partial charge on any atom is 0.167 e. The number of nitrogens with one attached hydrogen (secondary N) is 2. The first-order chi connectivity index (χ1) is 16.0. The lowest BCUT2D eigenvalue weighted by atomic mass is 10.1. The third-order valence-corrected chi connectivity index (χ3v) is 6.98. The van der Waals surface area contributed by atoms with E-state index in [-0.39, 0.29) is 11.6 Å². The molecule has 0 aliphatic carbocycles. The van der Waals surface area contributed by atoms with E-state index in [2.05, 4.69) is 33.9 Å². The number of likely N-dealkylation sites (tertiary alicyclic amines) is 1. The summed E-state index contributed by atoms with van der Waals surface area (Å²) in [5.74, 6) is 0.111. The van der Waals surface area contributed by atoms with Crippen LogP contribution in [-0.4, -0.2) is 66.1 Å². The first-order valence-electron chi connectivity index (χ1n) is 11.3. The molecule has 6 rings (SSSR count). The second kappa shape index (κ2) is 7.71. The monoisotopic (exact) mass is 448 g/mol. The Morgan fingerprint density at radius 2 is 1.52 bits per heavy atom. The molecule has 5 aromatic rings. The molecule has 0 spiro atoms. The highest BCUT2D eigenvalue weighted by atomic mass is 19.1. The molecule has 0 bridgehead atoms. The Balaban J connectivity index is 1.45. The summed E-state index contributed by atoms with van der Waals surface area (Å²) in [6.45, 7) is 3.45. The molecule has 2 aromatic heterocycles. The number of likely N-dealkylation sites (N-methyl/N-ethyl adjacent to an activating group) is 1. The van der Waals surface area contributed by atoms with Gasteiger partial charge in [0, 0.05) is 51.7 Å². The highest BCUT2D eigenvalue weighted by Gasteiger charge is 2.24. The molecule has 5 nitrogen and oxygen atoms in total. The molecular weight excluding hydrogens is 422 g/mol. The Morgan fingerprint density at radius 1 is 0.909 bits per heavy atom. The lowest BCUT2D eigenvalue weighted by molar-refractivity contribution is 0.223. The quantitative estimate of drug-likeness (QED) is 0.386. The Bertz CT molecular complexity index is 1410. The van der Waals surface area contributed by atoms with E-state index in [1.165, 1.54) is 24.3 Å². The molecule has 1 atom stereocenters. The van der Waals surface area contributed by atoms with Gasteiger partial charge in [-0.05, 0) is 69.5 Å². The molecule has 1 aliphatic heterocycles. The Kier molecular flexibility index (Phi) is 4.78. The van der Waals surface area contributed by atoms with E-state index in [1.807, 2.05) is 6.07 Å². The van der Waals surface area contributed by atoms with Crippen LogP contribution >= 0.6 is 0 Å². The second-order valence-corrected chi connectivity index (χ2v) is 9.24. The van der Waals surface area contributed by atoms with Crippen molar-refractivity contribution in [3.05, 3.63) is 54.1 Å². The van der Waals surface area contributed by atoms with Gasteiger partial charge in [-0.2, -0.15) is 0 Å². The fourth-order valence-electron chi connectivity index (χ4n) is 5.16. The van der Waals surface area contributed by atoms with Crippen molar-refractivity contribution in [1.29, 1.82) is 0 Å². The van der Waals surface area contributed by atoms with Crippen LogP contribution in [0.4, 0.5) is 8.78 Å². The summed E-state index contributed by atoms with van der Waals surface area (Å²) in [6, 6.07) is 12.0. The summed E-state index contributed by atoms with van der Waals surface area (Å²) >= 11 is 0. The smallest absolute Gasteiger partial charge is 0.167 e. The summed E-state index contributed by atoms with van der Waals surface area (Å²) in [6.07, 6.45) is 1.16. The maximum absolute atomic E-state index is 14.1. The van der Waals surface area contributed by atoms with Gasteiger partial charge in [-0.25, -0.2) is 8.78 Å². The largest absolute Gasteiger partial charge is 0.488 e. The van der Waals surface area contributed by atoms with Crippen molar-refractivity contribution in [2.45, 2.75) is 12.5 Å². The Morgan fingerprint density at radius 3 is 2.06 bits per heavy atom. The van der Waals surface area contributed by atoms with Crippen LogP contribution in [-0.2, 0) is 0 Å². The third kappa shape index (κ3) is 3.43. The molecule has 0 radical (unpaired) electrons. The predicted octanol–water partition coefficient (Wildman–Crippen LogP) is 5.25. The number of rotatable bonds is 5. The van der Waals surface area contributed by atoms with Crippen molar-refractivity contribution < 1.29 is 13.5 Å². The number of ether oxygens (including phenoxy) is 1. The lowest BCUT2D eigenvalue weighted by Crippen LogP contribution is -2.33. The molecule has 33 heavy (non-hydrogen) atoms. The zero-order valence-corrected chi connectivity index (χ0v) is 18.7. The molecular formula is C26H26F2N4O. The van der Waals surface area contributed by atoms with Crippen LogP contribution in [0.5, 0.6) is 5.75 Å². The lowest BCUT2D eigenvalue weighted by Gasteiger charge is -2.20. The molecule has 170 valence electrons. The summed E-state index contributed by atoms with van der Waals surface area (Å²) in [7, 11) is 4.25. The minimum atomic E-state index is -0.291. The normalized spacial score (nSPS) is 17.4. The van der Waals surface area contributed by atoms with E-state index >= 15 is 0 Å². The van der Waals surface area contributed by atoms with Crippen LogP contribution in [0.2, 0.25) is 0 Å². The SMILES string of the molecule is CN(C)[C@H]1CCN(CCOc2c3[nH]c4ccc(F)cc4c3cc3c2[nH]c2ccc(F)cc23)C1. The van der Waals surface area contributed by atoms with Crippen molar-refractivity contribution >= 4 is 43.6 Å². The standard InChI is InChI=1S/C26H26F2N4O/c1-31(2)17-7-8-32(14-17)9-10-33-26-24-20(18-11-15(27)3-5-22(18)29-24)13-21-19-12-16(28)4-6-23(19)30-25(21)26/h3-6,11-13,17,29-30H,7-10,14H2,1-2H3/t17-/m0/s1. The third-order valence-electron chi connectivity index (χ3n) is 6.98. The molecule has 0 amide bonds. The minimum absolute atomic E-state index is 0.291. The van der Waals surface area contributed by atoms with Gasteiger partial charge in [-0.15, -0.1) is 0 Å². The first kappa shape index (κ1) is 20.4. The summed E-state index contributed by atoms with van der Waals surface area (Å²) < 4.78 is 34.5. The number of hydrogen-bond donors (Lipinski definition) is 2. The van der Waals surface area contributed by atoms with Gasteiger partial charge >= 0.3 is 0 Å². The fourth-order valence-corrected chi connectivity index (χ4v) is 5.16. The molecule has 0 unspecified atom stereocenters. The average Bonchev–Trinajstić information content (AvgIpc) is 3.49. The zero-order valence-electron chi connectivity index (χ0n) is 18.7. The van der Waals surface area contributed by atoms with Crippen LogP contribution in [0, 0.1) is 11.6 Å². The van der Waals surface area contributed by atoms with Gasteiger partial charge in [-0.3, -0.25) is 4.90 Å². The van der Waals surface area contributed by atoms with Crippen molar-refractivity contribution in [2.75, 3.05) is 40.3 Å². The van der Waals surface area contributed by atoms with E-state index in [0.29, 0.717) is 18.4 Å². The summed E-state index contributed by atoms with van der Waals surface area (Å²) in [5.41, 5.74) is 3.32. The number of aromatic nitrogens is 2. The van der Waals surface area contributed by atoms with E-state index < -0.39 is 0 Å². The van der Waals surface area contributed by atoms with Gasteiger partial charge < -0.3 is 19.6 Å². The molecule has 3 heterocycles. The van der Waals surface area contributed by atoms with Gasteiger partial charge in [0.2, 0.25) is 0 Å². The summed E-state index contributed by atoms with van der Waals surface area (Å²) in [4.78, 5) is 11.5. The first-order valence-corrected chi connectivity index (χ1v) is 11.3. The van der Waals surface area contributed by atoms with Gasteiger partial charge in [0.15, 0.2) is 5.75 Å². The molecule has 0 saturated carbocycles. The maximum atomic E-state index is 14.1. The highest BCUT2D eigenvalue weighted by molar-refractivity contribution is 6.20. The number of hydrogen-bond acceptors (Lipinski definition) is 3. The molecule has 1 fully saturated rings. The van der Waals surface area contributed by atoms with Crippen LogP contribution in [0.25, 0.3) is 43.6 Å². The number of aromatic amines is 2. The number of fused-ring (bicyclic) bond motifs is 6. The summed E-state index contributed by atoms with van der Waals surface area (Å²) in [5, 5.41) is 3.31. The predicted molar refractivity (Wildman–Crippen MR) is 129 cm³/mol. The van der Waals surface area contributed by atoms with E-state index in [4.69, 9.17) is 4.74 Å². The van der Waals surface area contributed by atoms with Gasteiger partial charge in [0.1, 0.15) is 18.2 Å². The van der Waals surface area contributed by atoms with Crippen molar-refractivity contribution in [3.8, 4) is 5.75 Å². The topological polar surface area (TPSA) is 47.3 Å². The van der Waals surface area contributed by atoms with E-state index in [1.54, 1.807) is 12.1 Å². The van der Waals surface area contributed by atoms with E-state index in [0.717, 1.165) is 69.7 Å². The zero-order chi connectivity index (χ0) is 22.7. The average molecular weight is 449 g/mol. The van der Waals surface area contributed by atoms with Crippen molar-refractivity contribution in [2.24, 2.45) is 0 Å². The van der Waals surface area contributed by atoms with Crippen LogP contribution in [0.3, 0.4) is 0 Å². The van der Waals surface area contributed by atoms with Crippen LogP contribution < -0.4 is 4.74 Å². The number of nitrogens with zero attached hydrogens (tertiary/aromatic N) is 2.